The van der Waals surface area contributed by atoms with Gasteiger partial charge in [0, 0.05) is 24.1 Å². The minimum absolute atomic E-state index is 0.154. The summed E-state index contributed by atoms with van der Waals surface area (Å²) in [4.78, 5) is 18.8. The molecule has 1 amide bonds. The number of nitrogens with zero attached hydrogens (tertiary/aromatic N) is 2. The van der Waals surface area contributed by atoms with E-state index < -0.39 is 5.82 Å². The number of amides is 1. The molecule has 1 saturated heterocycles. The maximum Gasteiger partial charge on any atom is 0.261 e. The first kappa shape index (κ1) is 19.5. The van der Waals surface area contributed by atoms with Crippen molar-refractivity contribution in [2.75, 3.05) is 13.2 Å². The Labute approximate surface area is 173 Å². The van der Waals surface area contributed by atoms with Crippen LogP contribution in [0.15, 0.2) is 59.1 Å². The third kappa shape index (κ3) is 4.77. The maximum atomic E-state index is 13.3. The summed E-state index contributed by atoms with van der Waals surface area (Å²) in [6.45, 7) is 0.462. The molecular formula is C22H20ClFN2O3. The summed E-state index contributed by atoms with van der Waals surface area (Å²) in [6.07, 6.45) is 3.96. The molecule has 4 rings (SSSR count). The van der Waals surface area contributed by atoms with Gasteiger partial charge >= 0.3 is 0 Å². The highest BCUT2D eigenvalue weighted by atomic mass is 35.5. The Kier molecular flexibility index (Phi) is 5.81. The number of halogens is 2. The standard InChI is InChI=1S/C22H20ClFN2O3/c23-16-8-6-15(7-9-16)11-19-13-25-22(29-19)20-5-2-10-26(20)21(27)14-28-18-4-1-3-17(24)12-18/h1,3-4,6-9,12-13,20H,2,5,10-11,14H2/t20-/m0/s1. The molecule has 0 bridgehead atoms. The molecule has 0 N–H and O–H groups in total. The SMILES string of the molecule is O=C(COc1cccc(F)c1)N1CCC[C@H]1c1ncc(Cc2ccc(Cl)cc2)o1. The lowest BCUT2D eigenvalue weighted by atomic mass is 10.1. The van der Waals surface area contributed by atoms with E-state index in [4.69, 9.17) is 20.8 Å². The van der Waals surface area contributed by atoms with Gasteiger partial charge in [-0.1, -0.05) is 29.8 Å². The number of likely N-dealkylation sites (tertiary alicyclic amines) is 1. The highest BCUT2D eigenvalue weighted by Crippen LogP contribution is 2.32. The molecule has 1 atom stereocenters. The molecule has 3 aromatic rings. The summed E-state index contributed by atoms with van der Waals surface area (Å²) in [5.74, 6) is 1.02. The maximum absolute atomic E-state index is 13.3. The molecule has 2 aromatic carbocycles. The van der Waals surface area contributed by atoms with Crippen LogP contribution in [-0.2, 0) is 11.2 Å². The average molecular weight is 415 g/mol. The molecular weight excluding hydrogens is 395 g/mol. The van der Waals surface area contributed by atoms with Gasteiger partial charge in [-0.25, -0.2) is 9.37 Å². The number of carbonyl (C=O) groups excluding carboxylic acids is 1. The van der Waals surface area contributed by atoms with Gasteiger partial charge in [0.1, 0.15) is 23.4 Å². The number of oxazole rings is 1. The van der Waals surface area contributed by atoms with E-state index in [0.717, 1.165) is 24.2 Å². The van der Waals surface area contributed by atoms with E-state index >= 15 is 0 Å². The second-order valence-electron chi connectivity index (χ2n) is 6.96. The predicted molar refractivity (Wildman–Crippen MR) is 106 cm³/mol. The van der Waals surface area contributed by atoms with Crippen molar-refractivity contribution in [2.45, 2.75) is 25.3 Å². The number of rotatable bonds is 6. The second-order valence-corrected chi connectivity index (χ2v) is 7.40. The molecule has 150 valence electrons. The zero-order valence-corrected chi connectivity index (χ0v) is 16.4. The molecule has 0 saturated carbocycles. The summed E-state index contributed by atoms with van der Waals surface area (Å²) < 4.78 is 24.6. The van der Waals surface area contributed by atoms with Gasteiger partial charge in [0.05, 0.1) is 6.20 Å². The van der Waals surface area contributed by atoms with Crippen LogP contribution in [0.2, 0.25) is 5.02 Å². The van der Waals surface area contributed by atoms with Crippen molar-refractivity contribution in [3.8, 4) is 5.75 Å². The zero-order valence-electron chi connectivity index (χ0n) is 15.7. The number of carbonyl (C=O) groups is 1. The Morgan fingerprint density at radius 1 is 1.28 bits per heavy atom. The largest absolute Gasteiger partial charge is 0.484 e. The fourth-order valence-corrected chi connectivity index (χ4v) is 3.59. The molecule has 7 heteroatoms. The Morgan fingerprint density at radius 3 is 2.90 bits per heavy atom. The molecule has 1 aliphatic rings. The lowest BCUT2D eigenvalue weighted by Crippen LogP contribution is -2.34. The third-order valence-electron chi connectivity index (χ3n) is 4.88. The van der Waals surface area contributed by atoms with Crippen molar-refractivity contribution in [1.29, 1.82) is 0 Å². The highest BCUT2D eigenvalue weighted by molar-refractivity contribution is 6.30. The van der Waals surface area contributed by atoms with Crippen LogP contribution < -0.4 is 4.74 Å². The Bertz CT molecular complexity index is 990. The fraction of sp³-hybridized carbons (Fsp3) is 0.273. The van der Waals surface area contributed by atoms with Gasteiger partial charge in [0.2, 0.25) is 5.89 Å². The number of ether oxygens (including phenoxy) is 1. The van der Waals surface area contributed by atoms with E-state index in [2.05, 4.69) is 4.98 Å². The lowest BCUT2D eigenvalue weighted by Gasteiger charge is -2.22. The molecule has 0 spiro atoms. The van der Waals surface area contributed by atoms with Crippen molar-refractivity contribution in [1.82, 2.24) is 9.88 Å². The van der Waals surface area contributed by atoms with Gasteiger partial charge in [0.25, 0.3) is 5.91 Å². The van der Waals surface area contributed by atoms with E-state index in [-0.39, 0.29) is 18.6 Å². The quantitative estimate of drug-likeness (QED) is 0.581. The minimum Gasteiger partial charge on any atom is -0.484 e. The van der Waals surface area contributed by atoms with Crippen LogP contribution in [0.25, 0.3) is 0 Å². The first-order valence-corrected chi connectivity index (χ1v) is 9.83. The summed E-state index contributed by atoms with van der Waals surface area (Å²) >= 11 is 5.92. The molecule has 0 unspecified atom stereocenters. The van der Waals surface area contributed by atoms with E-state index in [1.54, 1.807) is 23.2 Å². The van der Waals surface area contributed by atoms with Crippen LogP contribution >= 0.6 is 11.6 Å². The summed E-state index contributed by atoms with van der Waals surface area (Å²) in [6, 6.07) is 13.1. The first-order valence-electron chi connectivity index (χ1n) is 9.45. The minimum atomic E-state index is -0.401. The normalized spacial score (nSPS) is 16.2. The van der Waals surface area contributed by atoms with Crippen molar-refractivity contribution in [3.05, 3.63) is 82.8 Å². The highest BCUT2D eigenvalue weighted by Gasteiger charge is 2.33. The molecule has 1 aliphatic heterocycles. The molecule has 0 radical (unpaired) electrons. The smallest absolute Gasteiger partial charge is 0.261 e. The number of aromatic nitrogens is 1. The van der Waals surface area contributed by atoms with Gasteiger partial charge in [-0.2, -0.15) is 0 Å². The van der Waals surface area contributed by atoms with Crippen LogP contribution in [0.4, 0.5) is 4.39 Å². The molecule has 0 aliphatic carbocycles. The number of hydrogen-bond donors (Lipinski definition) is 0. The van der Waals surface area contributed by atoms with E-state index in [9.17, 15) is 9.18 Å². The Balaban J connectivity index is 1.39. The molecule has 1 aromatic heterocycles. The first-order chi connectivity index (χ1) is 14.1. The fourth-order valence-electron chi connectivity index (χ4n) is 3.47. The van der Waals surface area contributed by atoms with Crippen molar-refractivity contribution in [3.63, 3.8) is 0 Å². The van der Waals surface area contributed by atoms with Crippen molar-refractivity contribution < 1.29 is 18.3 Å². The van der Waals surface area contributed by atoms with Gasteiger partial charge < -0.3 is 14.1 Å². The van der Waals surface area contributed by atoms with E-state index in [1.807, 2.05) is 24.3 Å². The van der Waals surface area contributed by atoms with Gasteiger partial charge in [0.15, 0.2) is 6.61 Å². The number of benzene rings is 2. The van der Waals surface area contributed by atoms with E-state index in [0.29, 0.717) is 29.6 Å². The van der Waals surface area contributed by atoms with Gasteiger partial charge in [-0.3, -0.25) is 4.79 Å². The third-order valence-corrected chi connectivity index (χ3v) is 5.13. The average Bonchev–Trinajstić information content (AvgIpc) is 3.37. The van der Waals surface area contributed by atoms with Crippen LogP contribution in [0, 0.1) is 5.82 Å². The molecule has 5 nitrogen and oxygen atoms in total. The van der Waals surface area contributed by atoms with Gasteiger partial charge in [-0.05, 0) is 42.7 Å². The van der Waals surface area contributed by atoms with Crippen LogP contribution in [0.1, 0.15) is 36.1 Å². The summed E-state index contributed by atoms with van der Waals surface area (Å²) in [5.41, 5.74) is 1.07. The lowest BCUT2D eigenvalue weighted by molar-refractivity contribution is -0.134. The number of hydrogen-bond acceptors (Lipinski definition) is 4. The van der Waals surface area contributed by atoms with Gasteiger partial charge in [-0.15, -0.1) is 0 Å². The Morgan fingerprint density at radius 2 is 2.10 bits per heavy atom. The summed E-state index contributed by atoms with van der Waals surface area (Å²) in [5, 5.41) is 0.688. The van der Waals surface area contributed by atoms with E-state index in [1.165, 1.54) is 12.1 Å². The monoisotopic (exact) mass is 414 g/mol. The van der Waals surface area contributed by atoms with Crippen molar-refractivity contribution in [2.24, 2.45) is 0 Å². The topological polar surface area (TPSA) is 55.6 Å². The van der Waals surface area contributed by atoms with Crippen molar-refractivity contribution >= 4 is 17.5 Å². The van der Waals surface area contributed by atoms with Crippen LogP contribution in [0.5, 0.6) is 5.75 Å². The Hall–Kier alpha value is -2.86. The van der Waals surface area contributed by atoms with Crippen LogP contribution in [-0.4, -0.2) is 28.9 Å². The molecule has 29 heavy (non-hydrogen) atoms. The van der Waals surface area contributed by atoms with Crippen LogP contribution in [0.3, 0.4) is 0 Å². The predicted octanol–water partition coefficient (Wildman–Crippen LogP) is 4.80. The zero-order chi connectivity index (χ0) is 20.2. The molecule has 1 fully saturated rings. The second kappa shape index (κ2) is 8.66. The molecule has 2 heterocycles. The summed E-state index contributed by atoms with van der Waals surface area (Å²) in [7, 11) is 0.